The van der Waals surface area contributed by atoms with Crippen LogP contribution in [0.5, 0.6) is 0 Å². The maximum absolute atomic E-state index is 14.8. The summed E-state index contributed by atoms with van der Waals surface area (Å²) < 4.78 is 25.7. The molecular weight excluding hydrogens is 477 g/mol. The van der Waals surface area contributed by atoms with E-state index in [1.54, 1.807) is 17.0 Å². The van der Waals surface area contributed by atoms with E-state index in [9.17, 15) is 14.0 Å². The number of halogens is 1. The van der Waals surface area contributed by atoms with Crippen LogP contribution >= 0.6 is 0 Å². The van der Waals surface area contributed by atoms with Crippen LogP contribution in [-0.4, -0.2) is 93.4 Å². The lowest BCUT2D eigenvalue weighted by Crippen LogP contribution is -2.60. The van der Waals surface area contributed by atoms with Gasteiger partial charge >= 0.3 is 0 Å². The molecule has 4 N–H and O–H groups in total. The van der Waals surface area contributed by atoms with Gasteiger partial charge in [0.25, 0.3) is 5.91 Å². The molecule has 2 heterocycles. The van der Waals surface area contributed by atoms with Gasteiger partial charge in [0.1, 0.15) is 5.82 Å². The van der Waals surface area contributed by atoms with E-state index in [1.807, 2.05) is 0 Å². The predicted octanol–water partition coefficient (Wildman–Crippen LogP) is 1.32. The van der Waals surface area contributed by atoms with Gasteiger partial charge in [-0.25, -0.2) is 9.82 Å². The zero-order valence-corrected chi connectivity index (χ0v) is 21.8. The first-order valence-electron chi connectivity index (χ1n) is 13.8. The van der Waals surface area contributed by atoms with Gasteiger partial charge in [-0.3, -0.25) is 19.9 Å². The number of nitrogens with zero attached hydrogens (tertiary/aromatic N) is 2. The molecule has 1 aromatic rings. The first-order valence-corrected chi connectivity index (χ1v) is 13.8. The number of hydrogen-bond acceptors (Lipinski definition) is 7. The maximum atomic E-state index is 14.8. The molecule has 37 heavy (non-hydrogen) atoms. The molecule has 3 fully saturated rings. The Balaban J connectivity index is 1.29. The van der Waals surface area contributed by atoms with Crippen molar-refractivity contribution >= 4 is 11.8 Å². The third-order valence-electron chi connectivity index (χ3n) is 7.83. The van der Waals surface area contributed by atoms with Crippen molar-refractivity contribution in [1.29, 1.82) is 0 Å². The zero-order chi connectivity index (χ0) is 26.0. The first-order chi connectivity index (χ1) is 18.1. The van der Waals surface area contributed by atoms with Crippen molar-refractivity contribution in [2.24, 2.45) is 17.6 Å². The van der Waals surface area contributed by atoms with E-state index in [-0.39, 0.29) is 35.3 Å². The number of carbonyl (C=O) groups excluding carboxylic acids is 2. The second-order valence-electron chi connectivity index (χ2n) is 10.3. The van der Waals surface area contributed by atoms with Crippen molar-refractivity contribution in [3.63, 3.8) is 0 Å². The Hall–Kier alpha value is -2.11. The lowest BCUT2D eigenvalue weighted by Gasteiger charge is -2.41. The number of hydrogen-bond donors (Lipinski definition) is 3. The van der Waals surface area contributed by atoms with Gasteiger partial charge in [-0.2, -0.15) is 0 Å². The summed E-state index contributed by atoms with van der Waals surface area (Å²) in [6.07, 6.45) is 5.62. The standard InChI is InChI=1S/C27H42FN5O4/c28-24-7-6-20(19-25-21-4-1-2-5-22(21)26(34)31-30-25)18-23(24)27(35)33-10-3-9-32(11-12-33)13-15-37-17-16-36-14-8-29/h6-7,18,21-22,25,30H,1-5,8-17,19,29H2,(H,31,34). The number of rotatable bonds is 11. The average molecular weight is 520 g/mol. The smallest absolute Gasteiger partial charge is 0.256 e. The molecule has 3 atom stereocenters. The van der Waals surface area contributed by atoms with Crippen molar-refractivity contribution < 1.29 is 23.5 Å². The third kappa shape index (κ3) is 7.70. The summed E-state index contributed by atoms with van der Waals surface area (Å²) in [5.74, 6) is -0.355. The minimum absolute atomic E-state index is 0.0384. The van der Waals surface area contributed by atoms with E-state index in [2.05, 4.69) is 15.8 Å². The lowest BCUT2D eigenvalue weighted by molar-refractivity contribution is -0.133. The highest BCUT2D eigenvalue weighted by molar-refractivity contribution is 5.94. The molecule has 0 spiro atoms. The fourth-order valence-electron chi connectivity index (χ4n) is 5.82. The summed E-state index contributed by atoms with van der Waals surface area (Å²) >= 11 is 0. The highest BCUT2D eigenvalue weighted by Gasteiger charge is 2.39. The number of carbonyl (C=O) groups is 2. The van der Waals surface area contributed by atoms with Crippen LogP contribution in [0.1, 0.15) is 48.0 Å². The molecule has 3 aliphatic rings. The molecule has 2 saturated heterocycles. The Morgan fingerprint density at radius 3 is 2.68 bits per heavy atom. The Labute approximate surface area is 219 Å². The number of nitrogens with one attached hydrogen (secondary N) is 2. The Bertz CT molecular complexity index is 904. The molecule has 3 unspecified atom stereocenters. The molecule has 4 rings (SSSR count). The van der Waals surface area contributed by atoms with Gasteiger partial charge in [-0.05, 0) is 55.8 Å². The fourth-order valence-corrected chi connectivity index (χ4v) is 5.82. The molecule has 0 aromatic heterocycles. The van der Waals surface area contributed by atoms with Gasteiger partial charge in [0.15, 0.2) is 0 Å². The van der Waals surface area contributed by atoms with Gasteiger partial charge in [0.05, 0.1) is 32.0 Å². The number of ether oxygens (including phenoxy) is 2. The average Bonchev–Trinajstić information content (AvgIpc) is 3.16. The van der Waals surface area contributed by atoms with Crippen molar-refractivity contribution in [2.75, 3.05) is 65.7 Å². The summed E-state index contributed by atoms with van der Waals surface area (Å²) in [6.45, 7) is 6.29. The Morgan fingerprint density at radius 1 is 1.03 bits per heavy atom. The second kappa shape index (κ2) is 14.2. The maximum Gasteiger partial charge on any atom is 0.256 e. The molecule has 0 bridgehead atoms. The number of amides is 2. The van der Waals surface area contributed by atoms with Crippen LogP contribution in [0.25, 0.3) is 0 Å². The number of hydrazine groups is 1. The van der Waals surface area contributed by atoms with Crippen LogP contribution in [0.4, 0.5) is 4.39 Å². The second-order valence-corrected chi connectivity index (χ2v) is 10.3. The van der Waals surface area contributed by atoms with E-state index >= 15 is 0 Å². The van der Waals surface area contributed by atoms with E-state index in [1.165, 1.54) is 6.07 Å². The van der Waals surface area contributed by atoms with E-state index in [0.717, 1.165) is 57.3 Å². The van der Waals surface area contributed by atoms with E-state index in [0.29, 0.717) is 52.5 Å². The van der Waals surface area contributed by atoms with Crippen molar-refractivity contribution in [2.45, 2.75) is 44.6 Å². The molecule has 1 aliphatic carbocycles. The number of benzene rings is 1. The van der Waals surface area contributed by atoms with Crippen LogP contribution in [0, 0.1) is 17.7 Å². The highest BCUT2D eigenvalue weighted by Crippen LogP contribution is 2.35. The molecule has 2 amide bonds. The third-order valence-corrected chi connectivity index (χ3v) is 7.83. The highest BCUT2D eigenvalue weighted by atomic mass is 19.1. The number of nitrogens with two attached hydrogens (primary N) is 1. The van der Waals surface area contributed by atoms with Gasteiger partial charge in [-0.15, -0.1) is 0 Å². The van der Waals surface area contributed by atoms with E-state index < -0.39 is 5.82 Å². The summed E-state index contributed by atoms with van der Waals surface area (Å²) in [6, 6.07) is 4.95. The van der Waals surface area contributed by atoms with Crippen molar-refractivity contribution in [1.82, 2.24) is 20.7 Å². The molecule has 10 heteroatoms. The quantitative estimate of drug-likeness (QED) is 0.379. The van der Waals surface area contributed by atoms with E-state index in [4.69, 9.17) is 15.2 Å². The van der Waals surface area contributed by atoms with Crippen molar-refractivity contribution in [3.8, 4) is 0 Å². The van der Waals surface area contributed by atoms with Crippen LogP contribution in [0.15, 0.2) is 18.2 Å². The molecular formula is C27H42FN5O4. The Morgan fingerprint density at radius 2 is 1.84 bits per heavy atom. The SMILES string of the molecule is NCCOCCOCCN1CCCN(C(=O)c2cc(CC3NNC(=O)C4CCCCC34)ccc2F)CC1. The van der Waals surface area contributed by atoms with Gasteiger partial charge < -0.3 is 20.1 Å². The van der Waals surface area contributed by atoms with Gasteiger partial charge in [0.2, 0.25) is 5.91 Å². The van der Waals surface area contributed by atoms with Crippen molar-refractivity contribution in [3.05, 3.63) is 35.1 Å². The van der Waals surface area contributed by atoms with Crippen LogP contribution in [0.2, 0.25) is 0 Å². The largest absolute Gasteiger partial charge is 0.378 e. The summed E-state index contributed by atoms with van der Waals surface area (Å²) in [7, 11) is 0. The minimum Gasteiger partial charge on any atom is -0.378 e. The lowest BCUT2D eigenvalue weighted by atomic mass is 9.72. The molecule has 0 radical (unpaired) electrons. The fraction of sp³-hybridized carbons (Fsp3) is 0.704. The first kappa shape index (κ1) is 27.9. The summed E-state index contributed by atoms with van der Waals surface area (Å²) in [5.41, 5.74) is 12.4. The monoisotopic (exact) mass is 519 g/mol. The summed E-state index contributed by atoms with van der Waals surface area (Å²) in [5, 5.41) is 0. The molecule has 1 saturated carbocycles. The molecule has 9 nitrogen and oxygen atoms in total. The zero-order valence-electron chi connectivity index (χ0n) is 21.8. The molecule has 2 aliphatic heterocycles. The summed E-state index contributed by atoms with van der Waals surface area (Å²) in [4.78, 5) is 29.6. The molecule has 1 aromatic carbocycles. The topological polar surface area (TPSA) is 109 Å². The Kier molecular flexibility index (Phi) is 10.7. The van der Waals surface area contributed by atoms with Gasteiger partial charge in [0, 0.05) is 44.7 Å². The predicted molar refractivity (Wildman–Crippen MR) is 138 cm³/mol. The van der Waals surface area contributed by atoms with Crippen LogP contribution in [0.3, 0.4) is 0 Å². The van der Waals surface area contributed by atoms with Crippen LogP contribution in [-0.2, 0) is 20.7 Å². The molecule has 206 valence electrons. The van der Waals surface area contributed by atoms with Crippen LogP contribution < -0.4 is 16.6 Å². The van der Waals surface area contributed by atoms with Gasteiger partial charge in [-0.1, -0.05) is 18.9 Å². The normalized spacial score (nSPS) is 24.9. The minimum atomic E-state index is -0.486. The number of fused-ring (bicyclic) bond motifs is 1.